The number of likely N-dealkylation sites (tertiary alicyclic amines) is 1. The zero-order valence-electron chi connectivity index (χ0n) is 18.4. The molecular weight excluding hydrogens is 479 g/mol. The van der Waals surface area contributed by atoms with Gasteiger partial charge in [0.2, 0.25) is 0 Å². The molecule has 1 spiro atoms. The summed E-state index contributed by atoms with van der Waals surface area (Å²) in [6.45, 7) is 3.34. The molecule has 5 heteroatoms. The van der Waals surface area contributed by atoms with Gasteiger partial charge in [-0.15, -0.1) is 0 Å². The van der Waals surface area contributed by atoms with Gasteiger partial charge < -0.3 is 4.90 Å². The topological polar surface area (TPSA) is 23.6 Å². The lowest BCUT2D eigenvalue weighted by atomic mass is 9.74. The molecule has 0 saturated carbocycles. The van der Waals surface area contributed by atoms with Gasteiger partial charge in [0.25, 0.3) is 5.91 Å². The van der Waals surface area contributed by atoms with Gasteiger partial charge in [0, 0.05) is 34.2 Å². The van der Waals surface area contributed by atoms with E-state index in [4.69, 9.17) is 0 Å². The second-order valence-electron chi connectivity index (χ2n) is 8.96. The molecule has 1 amide bonds. The van der Waals surface area contributed by atoms with Crippen LogP contribution in [0.5, 0.6) is 0 Å². The fraction of sp³-hybridized carbons (Fsp3) is 0.250. The van der Waals surface area contributed by atoms with Crippen molar-refractivity contribution in [2.75, 3.05) is 31.1 Å². The predicted molar refractivity (Wildman–Crippen MR) is 135 cm³/mol. The van der Waals surface area contributed by atoms with Crippen LogP contribution in [0.25, 0.3) is 6.08 Å². The highest BCUT2D eigenvalue weighted by Crippen LogP contribution is 2.47. The summed E-state index contributed by atoms with van der Waals surface area (Å²) >= 11 is 3.46. The quantitative estimate of drug-likeness (QED) is 0.416. The highest BCUT2D eigenvalue weighted by Gasteiger charge is 2.46. The van der Waals surface area contributed by atoms with Crippen LogP contribution in [0.15, 0.2) is 83.3 Å². The Kier molecular flexibility index (Phi) is 6.17. The van der Waals surface area contributed by atoms with Crippen molar-refractivity contribution >= 4 is 33.6 Å². The third-order valence-electron chi connectivity index (χ3n) is 6.88. The third-order valence-corrected chi connectivity index (χ3v) is 7.38. The maximum Gasteiger partial charge on any atom is 0.258 e. The van der Waals surface area contributed by atoms with Gasteiger partial charge in [-0.1, -0.05) is 64.5 Å². The lowest BCUT2D eigenvalue weighted by Gasteiger charge is -2.39. The summed E-state index contributed by atoms with van der Waals surface area (Å²) in [5.41, 5.74) is 3.47. The predicted octanol–water partition coefficient (Wildman–Crippen LogP) is 6.30. The number of hydrogen-bond donors (Lipinski definition) is 0. The minimum absolute atomic E-state index is 0.0331. The first kappa shape index (κ1) is 22.1. The van der Waals surface area contributed by atoms with Gasteiger partial charge in [0.05, 0.1) is 0 Å². The molecule has 0 aliphatic carbocycles. The first-order valence-corrected chi connectivity index (χ1v) is 12.1. The van der Waals surface area contributed by atoms with Crippen LogP contribution in [-0.2, 0) is 5.41 Å². The molecule has 2 heterocycles. The van der Waals surface area contributed by atoms with E-state index >= 15 is 0 Å². The summed E-state index contributed by atoms with van der Waals surface area (Å²) in [4.78, 5) is 17.7. The summed E-state index contributed by atoms with van der Waals surface area (Å²) in [7, 11) is 0. The van der Waals surface area contributed by atoms with Crippen molar-refractivity contribution in [2.24, 2.45) is 0 Å². The Balaban J connectivity index is 1.33. The Morgan fingerprint density at radius 3 is 2.55 bits per heavy atom. The van der Waals surface area contributed by atoms with E-state index < -0.39 is 0 Å². The number of benzene rings is 3. The van der Waals surface area contributed by atoms with E-state index in [1.54, 1.807) is 12.1 Å². The van der Waals surface area contributed by atoms with Gasteiger partial charge in [-0.3, -0.25) is 9.69 Å². The van der Waals surface area contributed by atoms with Crippen LogP contribution in [0.4, 0.5) is 10.1 Å². The van der Waals surface area contributed by atoms with E-state index in [9.17, 15) is 9.18 Å². The Labute approximate surface area is 202 Å². The zero-order valence-corrected chi connectivity index (χ0v) is 20.0. The normalized spacial score (nSPS) is 17.6. The fourth-order valence-electron chi connectivity index (χ4n) is 5.09. The Hall–Kier alpha value is -2.76. The van der Waals surface area contributed by atoms with Gasteiger partial charge in [0.15, 0.2) is 0 Å². The molecule has 3 nitrogen and oxygen atoms in total. The molecule has 0 unspecified atom stereocenters. The number of amides is 1. The number of nitrogens with zero attached hydrogens (tertiary/aromatic N) is 2. The SMILES string of the molecule is O=C(c1cccc(Br)c1)N1CC2(CCN(CC=Cc3ccccc3)CC2)c2cc(F)ccc21. The molecule has 0 bridgehead atoms. The number of rotatable bonds is 4. The maximum absolute atomic E-state index is 14.3. The van der Waals surface area contributed by atoms with Gasteiger partial charge in [-0.2, -0.15) is 0 Å². The summed E-state index contributed by atoms with van der Waals surface area (Å²) in [5, 5.41) is 0. The molecule has 2 aliphatic heterocycles. The molecule has 3 aromatic rings. The minimum Gasteiger partial charge on any atom is -0.307 e. The standard InChI is InChI=1S/C28H26BrFN2O/c29-23-10-4-9-22(18-23)27(33)32-20-28(25-19-24(30)11-12-26(25)32)13-16-31(17-14-28)15-5-8-21-6-2-1-3-7-21/h1-12,18-19H,13-17,20H2. The number of hydrogen-bond acceptors (Lipinski definition) is 2. The number of carbonyl (C=O) groups is 1. The number of piperidine rings is 1. The molecule has 0 atom stereocenters. The lowest BCUT2D eigenvalue weighted by Crippen LogP contribution is -2.46. The van der Waals surface area contributed by atoms with Crippen LogP contribution in [0.2, 0.25) is 0 Å². The van der Waals surface area contributed by atoms with Crippen molar-refractivity contribution in [1.82, 2.24) is 4.90 Å². The van der Waals surface area contributed by atoms with Crippen LogP contribution in [0, 0.1) is 5.82 Å². The van der Waals surface area contributed by atoms with Crippen LogP contribution in [0.3, 0.4) is 0 Å². The average molecular weight is 505 g/mol. The second-order valence-corrected chi connectivity index (χ2v) is 9.87. The minimum atomic E-state index is -0.238. The summed E-state index contributed by atoms with van der Waals surface area (Å²) < 4.78 is 15.2. The number of fused-ring (bicyclic) bond motifs is 2. The van der Waals surface area contributed by atoms with Gasteiger partial charge in [0.1, 0.15) is 5.82 Å². The molecule has 3 aromatic carbocycles. The van der Waals surface area contributed by atoms with Crippen molar-refractivity contribution in [3.8, 4) is 0 Å². The van der Waals surface area contributed by atoms with E-state index in [-0.39, 0.29) is 17.1 Å². The number of halogens is 2. The van der Waals surface area contributed by atoms with Crippen molar-refractivity contribution in [3.05, 3.63) is 106 Å². The van der Waals surface area contributed by atoms with Gasteiger partial charge in [-0.05, 0) is 73.5 Å². The van der Waals surface area contributed by atoms with E-state index in [2.05, 4.69) is 45.1 Å². The van der Waals surface area contributed by atoms with E-state index in [1.165, 1.54) is 11.6 Å². The molecule has 1 saturated heterocycles. The molecule has 168 valence electrons. The molecule has 0 aromatic heterocycles. The number of anilines is 1. The van der Waals surface area contributed by atoms with Crippen LogP contribution in [0.1, 0.15) is 34.3 Å². The first-order chi connectivity index (χ1) is 16.0. The molecular formula is C28H26BrFN2O. The molecule has 2 aliphatic rings. The highest BCUT2D eigenvalue weighted by atomic mass is 79.9. The Morgan fingerprint density at radius 2 is 1.79 bits per heavy atom. The number of carbonyl (C=O) groups excluding carboxylic acids is 1. The van der Waals surface area contributed by atoms with Crippen LogP contribution < -0.4 is 4.90 Å². The lowest BCUT2D eigenvalue weighted by molar-refractivity contribution is 0.0977. The Morgan fingerprint density at radius 1 is 1.00 bits per heavy atom. The fourth-order valence-corrected chi connectivity index (χ4v) is 5.49. The molecule has 33 heavy (non-hydrogen) atoms. The largest absolute Gasteiger partial charge is 0.307 e. The van der Waals surface area contributed by atoms with Crippen LogP contribution >= 0.6 is 15.9 Å². The van der Waals surface area contributed by atoms with E-state index in [0.717, 1.165) is 48.2 Å². The second kappa shape index (κ2) is 9.24. The third kappa shape index (κ3) is 4.53. The maximum atomic E-state index is 14.3. The summed E-state index contributed by atoms with van der Waals surface area (Å²) in [5.74, 6) is -0.271. The smallest absolute Gasteiger partial charge is 0.258 e. The van der Waals surface area contributed by atoms with E-state index in [0.29, 0.717) is 12.1 Å². The highest BCUT2D eigenvalue weighted by molar-refractivity contribution is 9.10. The molecule has 5 rings (SSSR count). The van der Waals surface area contributed by atoms with Crippen LogP contribution in [-0.4, -0.2) is 37.0 Å². The van der Waals surface area contributed by atoms with E-state index in [1.807, 2.05) is 47.4 Å². The van der Waals surface area contributed by atoms with Crippen molar-refractivity contribution in [2.45, 2.75) is 18.3 Å². The average Bonchev–Trinajstić information content (AvgIpc) is 3.14. The van der Waals surface area contributed by atoms with Gasteiger partial charge in [-0.25, -0.2) is 4.39 Å². The molecule has 0 radical (unpaired) electrons. The summed E-state index contributed by atoms with van der Waals surface area (Å²) in [6, 6.07) is 22.6. The van der Waals surface area contributed by atoms with Crippen molar-refractivity contribution < 1.29 is 9.18 Å². The Bertz CT molecular complexity index is 1190. The summed E-state index contributed by atoms with van der Waals surface area (Å²) in [6.07, 6.45) is 6.18. The van der Waals surface area contributed by atoms with Gasteiger partial charge >= 0.3 is 0 Å². The monoisotopic (exact) mass is 504 g/mol. The molecule has 0 N–H and O–H groups in total. The first-order valence-electron chi connectivity index (χ1n) is 11.4. The van der Waals surface area contributed by atoms with Crippen molar-refractivity contribution in [1.29, 1.82) is 0 Å². The molecule has 1 fully saturated rings. The zero-order chi connectivity index (χ0) is 22.8. The van der Waals surface area contributed by atoms with Crippen molar-refractivity contribution in [3.63, 3.8) is 0 Å².